The summed E-state index contributed by atoms with van der Waals surface area (Å²) in [5, 5.41) is 2.97. The van der Waals surface area contributed by atoms with Gasteiger partial charge in [-0.2, -0.15) is 0 Å². The minimum absolute atomic E-state index is 0.189. The molecule has 0 saturated carbocycles. The van der Waals surface area contributed by atoms with Gasteiger partial charge in [0.05, 0.1) is 23.1 Å². The molecule has 0 fully saturated rings. The number of carbonyl (C=O) groups is 1. The van der Waals surface area contributed by atoms with Crippen LogP contribution in [0.5, 0.6) is 0 Å². The van der Waals surface area contributed by atoms with E-state index in [1.54, 1.807) is 6.07 Å². The fraction of sp³-hybridized carbons (Fsp3) is 0. The molecule has 98 valence electrons. The maximum Gasteiger partial charge on any atom is 0.250 e. The van der Waals surface area contributed by atoms with Crippen molar-refractivity contribution in [1.82, 2.24) is 4.98 Å². The van der Waals surface area contributed by atoms with Gasteiger partial charge in [0.1, 0.15) is 11.6 Å². The topological polar surface area (TPSA) is 94.0 Å². The van der Waals surface area contributed by atoms with Gasteiger partial charge in [0.15, 0.2) is 0 Å². The molecule has 19 heavy (non-hydrogen) atoms. The summed E-state index contributed by atoms with van der Waals surface area (Å²) in [6, 6.07) is 5.75. The Kier molecular flexibility index (Phi) is 3.84. The zero-order chi connectivity index (χ0) is 14.0. The number of nitrogen functional groups attached to an aromatic ring is 1. The van der Waals surface area contributed by atoms with E-state index >= 15 is 0 Å². The Morgan fingerprint density at radius 2 is 2.11 bits per heavy atom. The summed E-state index contributed by atoms with van der Waals surface area (Å²) < 4.78 is 13.7. The molecule has 7 heteroatoms. The number of primary amides is 1. The minimum Gasteiger partial charge on any atom is -0.397 e. The smallest absolute Gasteiger partial charge is 0.250 e. The molecule has 0 aliphatic heterocycles. The summed E-state index contributed by atoms with van der Waals surface area (Å²) in [4.78, 5) is 15.2. The molecule has 1 aromatic carbocycles. The van der Waals surface area contributed by atoms with E-state index in [4.69, 9.17) is 11.5 Å². The van der Waals surface area contributed by atoms with Gasteiger partial charge >= 0.3 is 0 Å². The maximum absolute atomic E-state index is 13.0. The van der Waals surface area contributed by atoms with Crippen LogP contribution < -0.4 is 16.8 Å². The van der Waals surface area contributed by atoms with Crippen LogP contribution in [0.25, 0.3) is 0 Å². The van der Waals surface area contributed by atoms with Gasteiger partial charge < -0.3 is 16.8 Å². The Morgan fingerprint density at radius 3 is 2.74 bits per heavy atom. The van der Waals surface area contributed by atoms with Crippen molar-refractivity contribution in [2.24, 2.45) is 5.73 Å². The average molecular weight is 372 g/mol. The third-order valence-corrected chi connectivity index (χ3v) is 3.29. The van der Waals surface area contributed by atoms with E-state index in [1.165, 1.54) is 24.4 Å². The fourth-order valence-electron chi connectivity index (χ4n) is 1.48. The molecule has 1 aromatic heterocycles. The highest BCUT2D eigenvalue weighted by Gasteiger charge is 2.09. The van der Waals surface area contributed by atoms with E-state index in [0.717, 1.165) is 0 Å². The highest BCUT2D eigenvalue weighted by molar-refractivity contribution is 14.1. The van der Waals surface area contributed by atoms with Crippen molar-refractivity contribution in [3.05, 3.63) is 45.4 Å². The number of hydrogen-bond donors (Lipinski definition) is 3. The number of rotatable bonds is 3. The number of anilines is 3. The first kappa shape index (κ1) is 13.5. The standard InChI is InChI=1S/C12H10FIN4O/c13-6-1-2-10(8(14)3-6)18-11-4-7(12(16)19)9(15)5-17-11/h1-5H,15H2,(H2,16,19)(H,17,18). The summed E-state index contributed by atoms with van der Waals surface area (Å²) >= 11 is 1.99. The zero-order valence-electron chi connectivity index (χ0n) is 9.65. The lowest BCUT2D eigenvalue weighted by Crippen LogP contribution is -2.14. The predicted molar refractivity (Wildman–Crippen MR) is 79.6 cm³/mol. The summed E-state index contributed by atoms with van der Waals surface area (Å²) in [5.41, 5.74) is 11.9. The molecular formula is C12H10FIN4O. The first-order chi connectivity index (χ1) is 8.97. The monoisotopic (exact) mass is 372 g/mol. The van der Waals surface area contributed by atoms with E-state index in [0.29, 0.717) is 15.1 Å². The van der Waals surface area contributed by atoms with Crippen LogP contribution in [0.15, 0.2) is 30.5 Å². The Bertz CT molecular complexity index is 648. The molecule has 0 spiro atoms. The first-order valence-corrected chi connectivity index (χ1v) is 6.32. The fourth-order valence-corrected chi connectivity index (χ4v) is 2.09. The molecule has 5 N–H and O–H groups in total. The molecule has 5 nitrogen and oxygen atoms in total. The number of aromatic nitrogens is 1. The quantitative estimate of drug-likeness (QED) is 0.721. The van der Waals surface area contributed by atoms with Crippen molar-refractivity contribution in [3.8, 4) is 0 Å². The highest BCUT2D eigenvalue weighted by Crippen LogP contribution is 2.23. The van der Waals surface area contributed by atoms with Crippen molar-refractivity contribution in [1.29, 1.82) is 0 Å². The van der Waals surface area contributed by atoms with Gasteiger partial charge in [-0.25, -0.2) is 9.37 Å². The molecule has 0 aliphatic rings. The molecule has 0 atom stereocenters. The number of nitrogens with one attached hydrogen (secondary N) is 1. The van der Waals surface area contributed by atoms with Crippen LogP contribution in [0.1, 0.15) is 10.4 Å². The second-order valence-corrected chi connectivity index (χ2v) is 4.93. The van der Waals surface area contributed by atoms with Gasteiger partial charge in [0.25, 0.3) is 5.91 Å². The normalized spacial score (nSPS) is 10.2. The number of benzene rings is 1. The minimum atomic E-state index is -0.628. The molecule has 0 aliphatic carbocycles. The second kappa shape index (κ2) is 5.39. The molecular weight excluding hydrogens is 362 g/mol. The van der Waals surface area contributed by atoms with Gasteiger partial charge in [-0.05, 0) is 46.9 Å². The van der Waals surface area contributed by atoms with Gasteiger partial charge in [0.2, 0.25) is 0 Å². The number of amides is 1. The summed E-state index contributed by atoms with van der Waals surface area (Å²) in [5.74, 6) is -0.540. The van der Waals surface area contributed by atoms with E-state index in [9.17, 15) is 9.18 Å². The number of nitrogens with zero attached hydrogens (tertiary/aromatic N) is 1. The van der Waals surface area contributed by atoms with Crippen LogP contribution >= 0.6 is 22.6 Å². The van der Waals surface area contributed by atoms with Crippen LogP contribution in [0, 0.1) is 9.39 Å². The van der Waals surface area contributed by atoms with Crippen molar-refractivity contribution in [3.63, 3.8) is 0 Å². The Morgan fingerprint density at radius 1 is 1.37 bits per heavy atom. The van der Waals surface area contributed by atoms with Crippen LogP contribution in [0.3, 0.4) is 0 Å². The summed E-state index contributed by atoms with van der Waals surface area (Å²) in [6.07, 6.45) is 1.35. The third kappa shape index (κ3) is 3.11. The van der Waals surface area contributed by atoms with Crippen LogP contribution in [0.4, 0.5) is 21.6 Å². The van der Waals surface area contributed by atoms with Gasteiger partial charge in [-0.1, -0.05) is 0 Å². The summed E-state index contributed by atoms with van der Waals surface area (Å²) in [6.45, 7) is 0. The Hall–Kier alpha value is -1.90. The van der Waals surface area contributed by atoms with Gasteiger partial charge in [-0.3, -0.25) is 4.79 Å². The third-order valence-electron chi connectivity index (χ3n) is 2.39. The largest absolute Gasteiger partial charge is 0.397 e. The second-order valence-electron chi connectivity index (χ2n) is 3.77. The number of carbonyl (C=O) groups excluding carboxylic acids is 1. The van der Waals surface area contributed by atoms with Crippen LogP contribution in [-0.4, -0.2) is 10.9 Å². The lowest BCUT2D eigenvalue weighted by molar-refractivity contribution is 0.100. The SMILES string of the molecule is NC(=O)c1cc(Nc2ccc(F)cc2I)ncc1N. The van der Waals surface area contributed by atoms with Crippen molar-refractivity contribution >= 4 is 45.7 Å². The van der Waals surface area contributed by atoms with Crippen LogP contribution in [-0.2, 0) is 0 Å². The van der Waals surface area contributed by atoms with Gasteiger partial charge in [0, 0.05) is 3.57 Å². The van der Waals surface area contributed by atoms with E-state index < -0.39 is 5.91 Å². The van der Waals surface area contributed by atoms with Gasteiger partial charge in [-0.15, -0.1) is 0 Å². The maximum atomic E-state index is 13.0. The zero-order valence-corrected chi connectivity index (χ0v) is 11.8. The molecule has 1 amide bonds. The lowest BCUT2D eigenvalue weighted by Gasteiger charge is -2.09. The van der Waals surface area contributed by atoms with Crippen molar-refractivity contribution in [2.75, 3.05) is 11.1 Å². The lowest BCUT2D eigenvalue weighted by atomic mass is 10.2. The molecule has 2 aromatic rings. The number of pyridine rings is 1. The first-order valence-electron chi connectivity index (χ1n) is 5.25. The molecule has 1 heterocycles. The average Bonchev–Trinajstić information content (AvgIpc) is 2.34. The number of halogens is 2. The Labute approximate surface area is 122 Å². The molecule has 2 rings (SSSR count). The summed E-state index contributed by atoms with van der Waals surface area (Å²) in [7, 11) is 0. The van der Waals surface area contributed by atoms with E-state index in [1.807, 2.05) is 22.6 Å². The number of hydrogen-bond acceptors (Lipinski definition) is 4. The highest BCUT2D eigenvalue weighted by atomic mass is 127. The van der Waals surface area contributed by atoms with Crippen molar-refractivity contribution in [2.45, 2.75) is 0 Å². The van der Waals surface area contributed by atoms with Crippen molar-refractivity contribution < 1.29 is 9.18 Å². The molecule has 0 unspecified atom stereocenters. The molecule has 0 saturated heterocycles. The number of nitrogens with two attached hydrogens (primary N) is 2. The van der Waals surface area contributed by atoms with Crippen LogP contribution in [0.2, 0.25) is 0 Å². The van der Waals surface area contributed by atoms with E-state index in [-0.39, 0.29) is 17.1 Å². The molecule has 0 radical (unpaired) electrons. The predicted octanol–water partition coefficient (Wildman–Crippen LogP) is 2.25. The van der Waals surface area contributed by atoms with E-state index in [2.05, 4.69) is 10.3 Å². The molecule has 0 bridgehead atoms. The Balaban J connectivity index is 2.33.